The van der Waals surface area contributed by atoms with Crippen LogP contribution >= 0.6 is 11.6 Å². The maximum absolute atomic E-state index is 14.1. The van der Waals surface area contributed by atoms with Crippen molar-refractivity contribution in [3.8, 4) is 5.75 Å². The quantitative estimate of drug-likeness (QED) is 0.212. The monoisotopic (exact) mass is 616 g/mol. The number of benzene rings is 3. The van der Waals surface area contributed by atoms with Gasteiger partial charge in [-0.05, 0) is 35.7 Å². The number of carbonyl (C=O) groups excluding carboxylic acids is 2. The molecule has 0 saturated heterocycles. The van der Waals surface area contributed by atoms with E-state index in [4.69, 9.17) is 16.3 Å². The van der Waals surface area contributed by atoms with E-state index in [2.05, 4.69) is 5.32 Å². The highest BCUT2D eigenvalue weighted by Gasteiger charge is 2.34. The molecular weight excluding hydrogens is 584 g/mol. The van der Waals surface area contributed by atoms with Gasteiger partial charge in [-0.3, -0.25) is 24.0 Å². The number of nitrogens with zero attached hydrogens (tertiary/aromatic N) is 3. The first-order chi connectivity index (χ1) is 19.9. The summed E-state index contributed by atoms with van der Waals surface area (Å²) < 4.78 is 32.1. The number of hydrogen-bond donors (Lipinski definition) is 1. The van der Waals surface area contributed by atoms with Crippen molar-refractivity contribution in [2.75, 3.05) is 30.8 Å². The smallest absolute Gasteiger partial charge is 0.271 e. The molecule has 0 saturated carbocycles. The number of non-ortho nitro benzene ring substituents is 1. The molecule has 0 aliphatic rings. The third kappa shape index (κ3) is 8.67. The normalized spacial score (nSPS) is 11.8. The molecule has 3 aromatic rings. The van der Waals surface area contributed by atoms with Gasteiger partial charge < -0.3 is 15.0 Å². The first-order valence-electron chi connectivity index (χ1n) is 13.1. The molecule has 13 heteroatoms. The summed E-state index contributed by atoms with van der Waals surface area (Å²) in [4.78, 5) is 39.8. The van der Waals surface area contributed by atoms with E-state index in [1.54, 1.807) is 24.3 Å². The lowest BCUT2D eigenvalue weighted by Crippen LogP contribution is -2.53. The molecule has 1 N–H and O–H groups in total. The Bertz CT molecular complexity index is 1520. The molecule has 0 unspecified atom stereocenters. The number of nitro groups is 1. The van der Waals surface area contributed by atoms with Crippen LogP contribution in [-0.4, -0.2) is 62.6 Å². The molecule has 0 aromatic heterocycles. The number of amides is 2. The predicted octanol–water partition coefficient (Wildman–Crippen LogP) is 4.19. The molecular formula is C29H33ClN4O7S. The Morgan fingerprint density at radius 3 is 2.33 bits per heavy atom. The molecule has 0 spiro atoms. The second-order valence-electron chi connectivity index (χ2n) is 9.53. The summed E-state index contributed by atoms with van der Waals surface area (Å²) in [5.74, 6) is -1.10. The Balaban J connectivity index is 2.12. The summed E-state index contributed by atoms with van der Waals surface area (Å²) in [6, 6.07) is 18.4. The van der Waals surface area contributed by atoms with E-state index in [-0.39, 0.29) is 30.1 Å². The number of hydrogen-bond acceptors (Lipinski definition) is 7. The molecule has 0 aliphatic carbocycles. The van der Waals surface area contributed by atoms with Gasteiger partial charge in [-0.25, -0.2) is 8.42 Å². The summed E-state index contributed by atoms with van der Waals surface area (Å²) in [5, 5.41) is 14.8. The average molecular weight is 617 g/mol. The summed E-state index contributed by atoms with van der Waals surface area (Å²) in [7, 11) is -2.87. The molecule has 2 amide bonds. The Hall–Kier alpha value is -4.16. The molecule has 42 heavy (non-hydrogen) atoms. The van der Waals surface area contributed by atoms with Crippen molar-refractivity contribution in [1.82, 2.24) is 10.2 Å². The van der Waals surface area contributed by atoms with E-state index in [0.717, 1.165) is 22.2 Å². The lowest BCUT2D eigenvalue weighted by atomic mass is 10.0. The first-order valence-corrected chi connectivity index (χ1v) is 15.3. The van der Waals surface area contributed by atoms with E-state index in [1.807, 2.05) is 37.3 Å². The van der Waals surface area contributed by atoms with Crippen LogP contribution in [0.5, 0.6) is 5.75 Å². The number of ether oxygens (including phenoxy) is 1. The van der Waals surface area contributed by atoms with Crippen molar-refractivity contribution in [3.05, 3.63) is 99.1 Å². The minimum atomic E-state index is -4.16. The van der Waals surface area contributed by atoms with Gasteiger partial charge in [0.1, 0.15) is 24.0 Å². The highest BCUT2D eigenvalue weighted by atomic mass is 35.5. The van der Waals surface area contributed by atoms with Gasteiger partial charge >= 0.3 is 0 Å². The molecule has 0 heterocycles. The molecule has 0 bridgehead atoms. The van der Waals surface area contributed by atoms with Crippen LogP contribution < -0.4 is 14.4 Å². The largest absolute Gasteiger partial charge is 0.495 e. The van der Waals surface area contributed by atoms with Gasteiger partial charge in [-0.1, -0.05) is 61.0 Å². The second kappa shape index (κ2) is 14.6. The lowest BCUT2D eigenvalue weighted by molar-refractivity contribution is -0.384. The number of nitrogens with one attached hydrogen (secondary N) is 1. The fourth-order valence-corrected chi connectivity index (χ4v) is 5.39. The third-order valence-electron chi connectivity index (χ3n) is 6.38. The van der Waals surface area contributed by atoms with Gasteiger partial charge in [0.2, 0.25) is 21.8 Å². The van der Waals surface area contributed by atoms with E-state index in [0.29, 0.717) is 23.6 Å². The zero-order chi connectivity index (χ0) is 30.9. The molecule has 3 aromatic carbocycles. The summed E-state index contributed by atoms with van der Waals surface area (Å²) in [5.41, 5.74) is 0.846. The number of rotatable bonds is 14. The van der Waals surface area contributed by atoms with Crippen molar-refractivity contribution < 1.29 is 27.7 Å². The minimum Gasteiger partial charge on any atom is -0.495 e. The number of halogens is 1. The fraction of sp³-hybridized carbons (Fsp3) is 0.310. The molecule has 11 nitrogen and oxygen atoms in total. The van der Waals surface area contributed by atoms with Crippen molar-refractivity contribution in [2.45, 2.75) is 32.4 Å². The number of nitro benzene ring substituents is 1. The Morgan fingerprint density at radius 2 is 1.74 bits per heavy atom. The van der Waals surface area contributed by atoms with Crippen LogP contribution in [0.4, 0.5) is 11.4 Å². The van der Waals surface area contributed by atoms with Crippen molar-refractivity contribution in [1.29, 1.82) is 0 Å². The van der Waals surface area contributed by atoms with E-state index >= 15 is 0 Å². The molecule has 3 rings (SSSR count). The zero-order valence-corrected chi connectivity index (χ0v) is 25.1. The van der Waals surface area contributed by atoms with Gasteiger partial charge in [-0.2, -0.15) is 0 Å². The number of methoxy groups -OCH3 is 1. The molecule has 0 radical (unpaired) electrons. The van der Waals surface area contributed by atoms with Crippen molar-refractivity contribution in [2.24, 2.45) is 0 Å². The topological polar surface area (TPSA) is 139 Å². The number of sulfonamides is 1. The Kier molecular flexibility index (Phi) is 11.3. The molecule has 0 fully saturated rings. The minimum absolute atomic E-state index is 0.0155. The third-order valence-corrected chi connectivity index (χ3v) is 7.74. The van der Waals surface area contributed by atoms with Crippen LogP contribution in [0.2, 0.25) is 5.02 Å². The van der Waals surface area contributed by atoms with Gasteiger partial charge in [0.05, 0.1) is 18.3 Å². The van der Waals surface area contributed by atoms with Crippen LogP contribution in [0, 0.1) is 10.1 Å². The van der Waals surface area contributed by atoms with Gasteiger partial charge in [0.25, 0.3) is 5.69 Å². The SMILES string of the molecule is CCCNC(=O)[C@@H](Cc1ccccc1)N(Cc1cccc(Cl)c1)C(=O)CN(c1cc([N+](=O)[O-])ccc1OC)S(C)(=O)=O. The standard InChI is InChI=1S/C29H33ClN4O7S/c1-4-15-31-29(36)26(17-21-9-6-5-7-10-21)32(19-22-11-8-12-23(30)16-22)28(35)20-33(42(3,39)40)25-18-24(34(37)38)13-14-27(25)41-2/h5-14,16,18,26H,4,15,17,19-20H2,1-3H3,(H,31,36)/t26-/m1/s1. The lowest BCUT2D eigenvalue weighted by Gasteiger charge is -2.33. The Morgan fingerprint density at radius 1 is 1.05 bits per heavy atom. The first kappa shape index (κ1) is 32.4. The number of anilines is 1. The van der Waals surface area contributed by atoms with Crippen LogP contribution in [-0.2, 0) is 32.6 Å². The van der Waals surface area contributed by atoms with Crippen LogP contribution in [0.25, 0.3) is 0 Å². The zero-order valence-electron chi connectivity index (χ0n) is 23.5. The fourth-order valence-electron chi connectivity index (χ4n) is 4.33. The summed E-state index contributed by atoms with van der Waals surface area (Å²) in [6.07, 6.45) is 1.71. The van der Waals surface area contributed by atoms with Gasteiger partial charge in [0.15, 0.2) is 0 Å². The van der Waals surface area contributed by atoms with Crippen molar-refractivity contribution in [3.63, 3.8) is 0 Å². The highest BCUT2D eigenvalue weighted by Crippen LogP contribution is 2.34. The van der Waals surface area contributed by atoms with Crippen LogP contribution in [0.1, 0.15) is 24.5 Å². The van der Waals surface area contributed by atoms with Crippen molar-refractivity contribution >= 4 is 44.8 Å². The van der Waals surface area contributed by atoms with Gasteiger partial charge in [-0.15, -0.1) is 0 Å². The number of carbonyl (C=O) groups is 2. The van der Waals surface area contributed by atoms with E-state index in [9.17, 15) is 28.1 Å². The molecule has 0 aliphatic heterocycles. The predicted molar refractivity (Wildman–Crippen MR) is 161 cm³/mol. The maximum atomic E-state index is 14.1. The summed E-state index contributed by atoms with van der Waals surface area (Å²) >= 11 is 6.21. The molecule has 1 atom stereocenters. The maximum Gasteiger partial charge on any atom is 0.271 e. The van der Waals surface area contributed by atoms with E-state index < -0.39 is 39.3 Å². The van der Waals surface area contributed by atoms with E-state index in [1.165, 1.54) is 24.1 Å². The summed E-state index contributed by atoms with van der Waals surface area (Å²) in [6.45, 7) is 1.48. The van der Waals surface area contributed by atoms with Crippen LogP contribution in [0.3, 0.4) is 0 Å². The average Bonchev–Trinajstić information content (AvgIpc) is 2.95. The Labute approximate surface area is 250 Å². The van der Waals surface area contributed by atoms with Gasteiger partial charge in [0, 0.05) is 36.7 Å². The highest BCUT2D eigenvalue weighted by molar-refractivity contribution is 7.92. The molecule has 224 valence electrons. The van der Waals surface area contributed by atoms with Crippen LogP contribution in [0.15, 0.2) is 72.8 Å². The second-order valence-corrected chi connectivity index (χ2v) is 11.9.